The molecule has 0 saturated carbocycles. The van der Waals surface area contributed by atoms with Crippen LogP contribution >= 0.6 is 0 Å². The molecule has 32 heavy (non-hydrogen) atoms. The van der Waals surface area contributed by atoms with Gasteiger partial charge in [0.15, 0.2) is 0 Å². The zero-order valence-corrected chi connectivity index (χ0v) is 20.3. The van der Waals surface area contributed by atoms with Gasteiger partial charge in [0.05, 0.1) is 4.90 Å². The van der Waals surface area contributed by atoms with Crippen molar-refractivity contribution in [3.8, 4) is 0 Å². The van der Waals surface area contributed by atoms with Crippen LogP contribution in [-0.4, -0.2) is 36.1 Å². The van der Waals surface area contributed by atoms with Crippen molar-refractivity contribution in [1.82, 2.24) is 4.90 Å². The minimum atomic E-state index is -4.22. The zero-order chi connectivity index (χ0) is 23.8. The minimum Gasteiger partial charge on any atom is -0.444 e. The Bertz CT molecular complexity index is 981. The summed E-state index contributed by atoms with van der Waals surface area (Å²) >= 11 is 0. The fraction of sp³-hybridized carbons (Fsp3) is 0.480. The second kappa shape index (κ2) is 11.5. The highest BCUT2D eigenvalue weighted by atomic mass is 32.2. The first kappa shape index (κ1) is 25.9. The first-order chi connectivity index (χ1) is 15.0. The Hall–Kier alpha value is -2.38. The topological polar surface area (TPSA) is 83.9 Å². The van der Waals surface area contributed by atoms with Gasteiger partial charge in [-0.3, -0.25) is 4.55 Å². The van der Waals surface area contributed by atoms with Gasteiger partial charge in [-0.05, 0) is 64.2 Å². The van der Waals surface area contributed by atoms with E-state index in [2.05, 4.69) is 0 Å². The molecule has 0 aliphatic heterocycles. The van der Waals surface area contributed by atoms with Crippen LogP contribution in [0.25, 0.3) is 0 Å². The van der Waals surface area contributed by atoms with Gasteiger partial charge in [0, 0.05) is 13.1 Å². The summed E-state index contributed by atoms with van der Waals surface area (Å²) in [6.45, 7) is 8.56. The van der Waals surface area contributed by atoms with E-state index < -0.39 is 15.7 Å². The van der Waals surface area contributed by atoms with Crippen LogP contribution in [0.3, 0.4) is 0 Å². The fourth-order valence-electron chi connectivity index (χ4n) is 3.49. The van der Waals surface area contributed by atoms with Gasteiger partial charge in [-0.15, -0.1) is 0 Å². The van der Waals surface area contributed by atoms with E-state index >= 15 is 0 Å². The molecule has 7 heteroatoms. The van der Waals surface area contributed by atoms with Crippen molar-refractivity contribution in [2.45, 2.75) is 76.8 Å². The Morgan fingerprint density at radius 2 is 1.66 bits per heavy atom. The van der Waals surface area contributed by atoms with E-state index in [0.29, 0.717) is 25.1 Å². The lowest BCUT2D eigenvalue weighted by molar-refractivity contribution is 0.0230. The van der Waals surface area contributed by atoms with Crippen LogP contribution in [-0.2, 0) is 27.8 Å². The summed E-state index contributed by atoms with van der Waals surface area (Å²) in [5.41, 5.74) is 2.11. The maximum absolute atomic E-state index is 12.7. The first-order valence-corrected chi connectivity index (χ1v) is 12.5. The number of benzene rings is 2. The average molecular weight is 462 g/mol. The molecule has 176 valence electrons. The van der Waals surface area contributed by atoms with E-state index in [1.165, 1.54) is 6.07 Å². The standard InChI is InChI=1S/C25H35NO5S/c1-20-15-16-23(32(28,29)30)22(18-20)14-10-5-6-11-17-26(24(27)31-25(2,3)4)19-21-12-8-7-9-13-21/h7-9,12-13,15-16,18H,5-6,10-11,14,17,19H2,1-4H3,(H,28,29,30). The normalized spacial score (nSPS) is 11.9. The van der Waals surface area contributed by atoms with Gasteiger partial charge < -0.3 is 9.64 Å². The van der Waals surface area contributed by atoms with Crippen molar-refractivity contribution in [2.75, 3.05) is 6.54 Å². The third-order valence-corrected chi connectivity index (χ3v) is 5.94. The number of ether oxygens (including phenoxy) is 1. The molecule has 0 bridgehead atoms. The number of unbranched alkanes of at least 4 members (excludes halogenated alkanes) is 3. The summed E-state index contributed by atoms with van der Waals surface area (Å²) in [6.07, 6.45) is 3.69. The van der Waals surface area contributed by atoms with Crippen LogP contribution in [0.1, 0.15) is 63.1 Å². The molecule has 0 aliphatic carbocycles. The lowest BCUT2D eigenvalue weighted by Gasteiger charge is -2.27. The molecule has 0 aromatic heterocycles. The lowest BCUT2D eigenvalue weighted by atomic mass is 10.0. The molecule has 0 spiro atoms. The Morgan fingerprint density at radius 3 is 2.28 bits per heavy atom. The summed E-state index contributed by atoms with van der Waals surface area (Å²) in [4.78, 5) is 14.4. The molecule has 0 atom stereocenters. The predicted molar refractivity (Wildman–Crippen MR) is 126 cm³/mol. The van der Waals surface area contributed by atoms with Gasteiger partial charge in [-0.2, -0.15) is 8.42 Å². The van der Waals surface area contributed by atoms with E-state index in [4.69, 9.17) is 4.74 Å². The van der Waals surface area contributed by atoms with Crippen LogP contribution in [0.4, 0.5) is 4.79 Å². The third-order valence-electron chi connectivity index (χ3n) is 4.99. The second-order valence-electron chi connectivity index (χ2n) is 9.14. The highest BCUT2D eigenvalue weighted by molar-refractivity contribution is 7.85. The van der Waals surface area contributed by atoms with Crippen molar-refractivity contribution in [3.05, 3.63) is 65.2 Å². The third kappa shape index (κ3) is 9.01. The SMILES string of the molecule is Cc1ccc(S(=O)(=O)O)c(CCCCCCN(Cc2ccccc2)C(=O)OC(C)(C)C)c1. The molecule has 0 radical (unpaired) electrons. The predicted octanol–water partition coefficient (Wildman–Crippen LogP) is 5.78. The Kier molecular flexibility index (Phi) is 9.28. The molecular formula is C25H35NO5S. The van der Waals surface area contributed by atoms with Gasteiger partial charge in [0.1, 0.15) is 5.60 Å². The molecule has 0 aliphatic rings. The highest BCUT2D eigenvalue weighted by Gasteiger charge is 2.22. The van der Waals surface area contributed by atoms with Gasteiger partial charge >= 0.3 is 6.09 Å². The second-order valence-corrected chi connectivity index (χ2v) is 10.5. The molecule has 6 nitrogen and oxygen atoms in total. The average Bonchev–Trinajstić information content (AvgIpc) is 2.68. The van der Waals surface area contributed by atoms with Crippen LogP contribution in [0.15, 0.2) is 53.4 Å². The van der Waals surface area contributed by atoms with Crippen LogP contribution in [0.2, 0.25) is 0 Å². The molecule has 2 aromatic rings. The van der Waals surface area contributed by atoms with E-state index in [-0.39, 0.29) is 11.0 Å². The quantitative estimate of drug-likeness (QED) is 0.358. The van der Waals surface area contributed by atoms with E-state index in [9.17, 15) is 17.8 Å². The summed E-state index contributed by atoms with van der Waals surface area (Å²) in [5.74, 6) is 0. The zero-order valence-electron chi connectivity index (χ0n) is 19.5. The fourth-order valence-corrected chi connectivity index (χ4v) is 4.22. The number of carbonyl (C=O) groups is 1. The molecule has 0 unspecified atom stereocenters. The van der Waals surface area contributed by atoms with Crippen LogP contribution in [0.5, 0.6) is 0 Å². The van der Waals surface area contributed by atoms with Crippen molar-refractivity contribution < 1.29 is 22.5 Å². The van der Waals surface area contributed by atoms with E-state index in [1.54, 1.807) is 11.0 Å². The largest absolute Gasteiger partial charge is 0.444 e. The molecule has 0 heterocycles. The lowest BCUT2D eigenvalue weighted by Crippen LogP contribution is -2.37. The van der Waals surface area contributed by atoms with Gasteiger partial charge in [-0.25, -0.2) is 4.79 Å². The number of nitrogens with zero attached hydrogens (tertiary/aromatic N) is 1. The van der Waals surface area contributed by atoms with Gasteiger partial charge in [0.2, 0.25) is 0 Å². The van der Waals surface area contributed by atoms with E-state index in [1.807, 2.05) is 64.1 Å². The number of hydrogen-bond donors (Lipinski definition) is 1. The van der Waals surface area contributed by atoms with Gasteiger partial charge in [-0.1, -0.05) is 60.9 Å². The van der Waals surface area contributed by atoms with Crippen molar-refractivity contribution >= 4 is 16.2 Å². The molecular weight excluding hydrogens is 426 g/mol. The molecule has 0 fully saturated rings. The highest BCUT2D eigenvalue weighted by Crippen LogP contribution is 2.20. The first-order valence-electron chi connectivity index (χ1n) is 11.0. The number of hydrogen-bond acceptors (Lipinski definition) is 4. The molecule has 1 N–H and O–H groups in total. The number of carbonyl (C=O) groups excluding carboxylic acids is 1. The summed E-state index contributed by atoms with van der Waals surface area (Å²) in [7, 11) is -4.22. The van der Waals surface area contributed by atoms with Crippen molar-refractivity contribution in [3.63, 3.8) is 0 Å². The number of aryl methyl sites for hydroxylation is 2. The Morgan fingerprint density at radius 1 is 1.00 bits per heavy atom. The molecule has 2 aromatic carbocycles. The summed E-state index contributed by atoms with van der Waals surface area (Å²) in [6, 6.07) is 14.8. The monoisotopic (exact) mass is 461 g/mol. The van der Waals surface area contributed by atoms with Gasteiger partial charge in [0.25, 0.3) is 10.1 Å². The molecule has 0 saturated heterocycles. The maximum atomic E-state index is 12.7. The maximum Gasteiger partial charge on any atom is 0.410 e. The molecule has 2 rings (SSSR count). The van der Waals surface area contributed by atoms with Crippen LogP contribution in [0, 0.1) is 6.92 Å². The smallest absolute Gasteiger partial charge is 0.410 e. The Balaban J connectivity index is 1.88. The van der Waals surface area contributed by atoms with Crippen molar-refractivity contribution in [1.29, 1.82) is 0 Å². The van der Waals surface area contributed by atoms with Crippen LogP contribution < -0.4 is 0 Å². The number of amides is 1. The van der Waals surface area contributed by atoms with E-state index in [0.717, 1.165) is 36.8 Å². The number of rotatable bonds is 10. The molecule has 1 amide bonds. The van der Waals surface area contributed by atoms with Crippen molar-refractivity contribution in [2.24, 2.45) is 0 Å². The minimum absolute atomic E-state index is 0.0120. The Labute approximate surface area is 192 Å². The summed E-state index contributed by atoms with van der Waals surface area (Å²) < 4.78 is 38.2. The summed E-state index contributed by atoms with van der Waals surface area (Å²) in [5, 5.41) is 0.